The van der Waals surface area contributed by atoms with Crippen LogP contribution in [0.15, 0.2) is 0 Å². The lowest BCUT2D eigenvalue weighted by Crippen LogP contribution is -2.46. The topological polar surface area (TPSA) is 24.5 Å². The molecule has 3 nitrogen and oxygen atoms in total. The number of nitrogens with one attached hydrogen (secondary N) is 1. The van der Waals surface area contributed by atoms with Crippen molar-refractivity contribution in [2.75, 3.05) is 27.3 Å². The van der Waals surface area contributed by atoms with Crippen LogP contribution in [0.2, 0.25) is 0 Å². The Kier molecular flexibility index (Phi) is 7.09. The smallest absolute Gasteiger partial charge is 0.0615 e. The fourth-order valence-electron chi connectivity index (χ4n) is 2.58. The Morgan fingerprint density at radius 3 is 2.41 bits per heavy atom. The van der Waals surface area contributed by atoms with E-state index < -0.39 is 0 Å². The molecule has 2 unspecified atom stereocenters. The largest absolute Gasteiger partial charge is 0.383 e. The predicted molar refractivity (Wildman–Crippen MR) is 73.4 cm³/mol. The van der Waals surface area contributed by atoms with Crippen LogP contribution in [0.5, 0.6) is 0 Å². The van der Waals surface area contributed by atoms with E-state index in [9.17, 15) is 0 Å². The summed E-state index contributed by atoms with van der Waals surface area (Å²) in [6.07, 6.45) is 6.97. The zero-order valence-electron chi connectivity index (χ0n) is 12.0. The normalized spacial score (nSPS) is 21.7. The fourth-order valence-corrected chi connectivity index (χ4v) is 2.58. The molecule has 1 fully saturated rings. The van der Waals surface area contributed by atoms with E-state index in [1.165, 1.54) is 32.1 Å². The van der Waals surface area contributed by atoms with E-state index in [2.05, 4.69) is 31.1 Å². The molecular weight excluding hydrogens is 212 g/mol. The van der Waals surface area contributed by atoms with Gasteiger partial charge in [0.25, 0.3) is 0 Å². The van der Waals surface area contributed by atoms with Crippen molar-refractivity contribution in [3.8, 4) is 0 Å². The van der Waals surface area contributed by atoms with E-state index in [-0.39, 0.29) is 0 Å². The van der Waals surface area contributed by atoms with Crippen LogP contribution in [0.4, 0.5) is 0 Å². The van der Waals surface area contributed by atoms with Crippen molar-refractivity contribution in [1.29, 1.82) is 0 Å². The number of rotatable bonds is 7. The minimum Gasteiger partial charge on any atom is -0.383 e. The van der Waals surface area contributed by atoms with Crippen LogP contribution in [-0.2, 0) is 4.74 Å². The molecule has 1 N–H and O–H groups in total. The van der Waals surface area contributed by atoms with Crippen LogP contribution in [0.25, 0.3) is 0 Å². The van der Waals surface area contributed by atoms with E-state index in [1.807, 2.05) is 0 Å². The summed E-state index contributed by atoms with van der Waals surface area (Å²) in [5.41, 5.74) is 0. The van der Waals surface area contributed by atoms with Crippen LogP contribution in [0.1, 0.15) is 46.0 Å². The van der Waals surface area contributed by atoms with Crippen molar-refractivity contribution in [3.63, 3.8) is 0 Å². The Hall–Kier alpha value is -0.120. The Morgan fingerprint density at radius 2 is 1.82 bits per heavy atom. The van der Waals surface area contributed by atoms with Gasteiger partial charge in [0.15, 0.2) is 0 Å². The quantitative estimate of drug-likeness (QED) is 0.741. The molecule has 1 saturated carbocycles. The first-order chi connectivity index (χ1) is 8.15. The minimum atomic E-state index is 0.489. The van der Waals surface area contributed by atoms with Crippen LogP contribution in [0, 0.1) is 0 Å². The second-order valence-corrected chi connectivity index (χ2v) is 5.56. The third-order valence-electron chi connectivity index (χ3n) is 4.11. The van der Waals surface area contributed by atoms with Gasteiger partial charge in [-0.3, -0.25) is 4.90 Å². The molecule has 0 aliphatic heterocycles. The second-order valence-electron chi connectivity index (χ2n) is 5.56. The van der Waals surface area contributed by atoms with Gasteiger partial charge in [0.1, 0.15) is 0 Å². The van der Waals surface area contributed by atoms with E-state index in [1.54, 1.807) is 7.11 Å². The molecule has 0 radical (unpaired) electrons. The van der Waals surface area contributed by atoms with Gasteiger partial charge in [-0.05, 0) is 33.7 Å². The SMILES string of the molecule is COCC(C)N(C)C(C)CNC1CCCCC1. The molecule has 0 heterocycles. The maximum absolute atomic E-state index is 5.21. The standard InChI is InChI=1S/C14H30N2O/c1-12(16(3)13(2)11-17-4)10-15-14-8-6-5-7-9-14/h12-15H,5-11H2,1-4H3. The lowest BCUT2D eigenvalue weighted by atomic mass is 9.95. The number of likely N-dealkylation sites (N-methyl/N-ethyl adjacent to an activating group) is 1. The molecule has 17 heavy (non-hydrogen) atoms. The van der Waals surface area contributed by atoms with Gasteiger partial charge in [0.2, 0.25) is 0 Å². The van der Waals surface area contributed by atoms with Gasteiger partial charge in [-0.2, -0.15) is 0 Å². The summed E-state index contributed by atoms with van der Waals surface area (Å²) >= 11 is 0. The Bertz CT molecular complexity index is 193. The van der Waals surface area contributed by atoms with Crippen LogP contribution in [-0.4, -0.2) is 50.3 Å². The zero-order chi connectivity index (χ0) is 12.7. The number of ether oxygens (including phenoxy) is 1. The molecule has 3 heteroatoms. The van der Waals surface area contributed by atoms with Crippen molar-refractivity contribution in [3.05, 3.63) is 0 Å². The Balaban J connectivity index is 2.20. The maximum atomic E-state index is 5.21. The summed E-state index contributed by atoms with van der Waals surface area (Å²) in [7, 11) is 3.96. The molecule has 0 spiro atoms. The predicted octanol–water partition coefficient (Wildman–Crippen LogP) is 2.26. The highest BCUT2D eigenvalue weighted by molar-refractivity contribution is 4.77. The van der Waals surface area contributed by atoms with E-state index in [0.717, 1.165) is 19.2 Å². The van der Waals surface area contributed by atoms with Gasteiger partial charge in [-0.1, -0.05) is 19.3 Å². The first-order valence-electron chi connectivity index (χ1n) is 7.09. The van der Waals surface area contributed by atoms with Crippen molar-refractivity contribution in [2.24, 2.45) is 0 Å². The molecule has 0 aromatic carbocycles. The average molecular weight is 242 g/mol. The molecule has 1 aliphatic rings. The first-order valence-corrected chi connectivity index (χ1v) is 7.09. The monoisotopic (exact) mass is 242 g/mol. The maximum Gasteiger partial charge on any atom is 0.0615 e. The summed E-state index contributed by atoms with van der Waals surface area (Å²) in [5, 5.41) is 3.72. The molecule has 1 aliphatic carbocycles. The van der Waals surface area contributed by atoms with Gasteiger partial charge < -0.3 is 10.1 Å². The van der Waals surface area contributed by atoms with Crippen LogP contribution in [0.3, 0.4) is 0 Å². The summed E-state index contributed by atoms with van der Waals surface area (Å²) in [6.45, 7) is 6.42. The summed E-state index contributed by atoms with van der Waals surface area (Å²) in [4.78, 5) is 2.40. The third-order valence-corrected chi connectivity index (χ3v) is 4.11. The summed E-state index contributed by atoms with van der Waals surface area (Å²) < 4.78 is 5.21. The number of hydrogen-bond acceptors (Lipinski definition) is 3. The van der Waals surface area contributed by atoms with Gasteiger partial charge in [-0.15, -0.1) is 0 Å². The number of methoxy groups -OCH3 is 1. The lowest BCUT2D eigenvalue weighted by Gasteiger charge is -2.32. The van der Waals surface area contributed by atoms with Crippen LogP contribution < -0.4 is 5.32 Å². The Labute approximate surface area is 107 Å². The highest BCUT2D eigenvalue weighted by atomic mass is 16.5. The molecule has 0 aromatic rings. The Morgan fingerprint density at radius 1 is 1.18 bits per heavy atom. The number of hydrogen-bond donors (Lipinski definition) is 1. The third kappa shape index (κ3) is 5.36. The fraction of sp³-hybridized carbons (Fsp3) is 1.00. The zero-order valence-corrected chi connectivity index (χ0v) is 12.0. The van der Waals surface area contributed by atoms with Crippen LogP contribution >= 0.6 is 0 Å². The van der Waals surface area contributed by atoms with Gasteiger partial charge in [-0.25, -0.2) is 0 Å². The van der Waals surface area contributed by atoms with E-state index in [4.69, 9.17) is 4.74 Å². The second kappa shape index (κ2) is 8.06. The highest BCUT2D eigenvalue weighted by Gasteiger charge is 2.18. The van der Waals surface area contributed by atoms with Crippen molar-refractivity contribution < 1.29 is 4.74 Å². The van der Waals surface area contributed by atoms with Crippen molar-refractivity contribution >= 4 is 0 Å². The molecule has 1 rings (SSSR count). The molecule has 0 amide bonds. The van der Waals surface area contributed by atoms with Gasteiger partial charge in [0.05, 0.1) is 6.61 Å². The number of nitrogens with zero attached hydrogens (tertiary/aromatic N) is 1. The molecule has 102 valence electrons. The van der Waals surface area contributed by atoms with E-state index in [0.29, 0.717) is 12.1 Å². The van der Waals surface area contributed by atoms with Crippen molar-refractivity contribution in [2.45, 2.75) is 64.1 Å². The molecule has 0 bridgehead atoms. The molecular formula is C14H30N2O. The van der Waals surface area contributed by atoms with Gasteiger partial charge in [0, 0.05) is 31.8 Å². The van der Waals surface area contributed by atoms with Gasteiger partial charge >= 0.3 is 0 Å². The minimum absolute atomic E-state index is 0.489. The summed E-state index contributed by atoms with van der Waals surface area (Å²) in [6, 6.07) is 1.82. The van der Waals surface area contributed by atoms with Crippen molar-refractivity contribution in [1.82, 2.24) is 10.2 Å². The average Bonchev–Trinajstić information content (AvgIpc) is 2.36. The molecule has 0 aromatic heterocycles. The highest BCUT2D eigenvalue weighted by Crippen LogP contribution is 2.17. The molecule has 2 atom stereocenters. The summed E-state index contributed by atoms with van der Waals surface area (Å²) in [5.74, 6) is 0. The molecule has 0 saturated heterocycles. The van der Waals surface area contributed by atoms with E-state index >= 15 is 0 Å². The first kappa shape index (κ1) is 14.9. The lowest BCUT2D eigenvalue weighted by molar-refractivity contribution is 0.0921.